The summed E-state index contributed by atoms with van der Waals surface area (Å²) in [7, 11) is 0. The van der Waals surface area contributed by atoms with Gasteiger partial charge in [-0.15, -0.1) is 0 Å². The van der Waals surface area contributed by atoms with Crippen LogP contribution in [-0.2, 0) is 11.0 Å². The molecule has 0 spiro atoms. The third-order valence-corrected chi connectivity index (χ3v) is 3.67. The minimum atomic E-state index is -4.55. The number of hydrogen-bond donors (Lipinski definition) is 2. The Bertz CT molecular complexity index is 782. The van der Waals surface area contributed by atoms with E-state index in [9.17, 15) is 22.8 Å². The zero-order chi connectivity index (χ0) is 18.0. The number of carbonyl (C=O) groups excluding carboxylic acids is 2. The van der Waals surface area contributed by atoms with Crippen molar-refractivity contribution in [2.45, 2.75) is 19.0 Å². The molecule has 130 valence electrons. The van der Waals surface area contributed by atoms with E-state index in [-0.39, 0.29) is 17.4 Å². The third-order valence-electron chi connectivity index (χ3n) is 3.67. The summed E-state index contributed by atoms with van der Waals surface area (Å²) < 4.78 is 37.4. The lowest BCUT2D eigenvalue weighted by Gasteiger charge is -2.09. The highest BCUT2D eigenvalue weighted by Crippen LogP contribution is 2.30. The molecule has 0 unspecified atom stereocenters. The van der Waals surface area contributed by atoms with Gasteiger partial charge < -0.3 is 10.6 Å². The fourth-order valence-corrected chi connectivity index (χ4v) is 2.13. The van der Waals surface area contributed by atoms with Crippen LogP contribution in [0, 0.1) is 5.92 Å². The van der Waals surface area contributed by atoms with Gasteiger partial charge in [0.15, 0.2) is 0 Å². The summed E-state index contributed by atoms with van der Waals surface area (Å²) in [6.45, 7) is 0. The van der Waals surface area contributed by atoms with E-state index >= 15 is 0 Å². The summed E-state index contributed by atoms with van der Waals surface area (Å²) >= 11 is 0. The van der Waals surface area contributed by atoms with Crippen LogP contribution in [0.3, 0.4) is 0 Å². The summed E-state index contributed by atoms with van der Waals surface area (Å²) in [5, 5.41) is 5.33. The summed E-state index contributed by atoms with van der Waals surface area (Å²) in [6.07, 6.45) is -1.86. The van der Waals surface area contributed by atoms with E-state index in [0.29, 0.717) is 11.4 Å². The Hall–Kier alpha value is -2.90. The number of hydrogen-bond acceptors (Lipinski definition) is 3. The molecule has 1 aromatic heterocycles. The summed E-state index contributed by atoms with van der Waals surface area (Å²) in [6, 6.07) is 8.29. The number of benzene rings is 1. The molecule has 3 rings (SSSR count). The van der Waals surface area contributed by atoms with Crippen molar-refractivity contribution in [3.63, 3.8) is 0 Å². The number of aromatic nitrogens is 1. The minimum Gasteiger partial charge on any atom is -0.326 e. The molecular weight excluding hydrogens is 335 g/mol. The van der Waals surface area contributed by atoms with Gasteiger partial charge in [0, 0.05) is 23.5 Å². The van der Waals surface area contributed by atoms with E-state index in [1.165, 1.54) is 0 Å². The van der Waals surface area contributed by atoms with Gasteiger partial charge in [-0.05, 0) is 49.2 Å². The zero-order valence-corrected chi connectivity index (χ0v) is 12.9. The highest BCUT2D eigenvalue weighted by molar-refractivity contribution is 6.04. The smallest absolute Gasteiger partial charge is 0.326 e. The van der Waals surface area contributed by atoms with Crippen LogP contribution in [-0.4, -0.2) is 16.8 Å². The van der Waals surface area contributed by atoms with Crippen molar-refractivity contribution >= 4 is 23.2 Å². The molecule has 0 aliphatic heterocycles. The van der Waals surface area contributed by atoms with E-state index < -0.39 is 17.8 Å². The molecule has 0 saturated heterocycles. The zero-order valence-electron chi connectivity index (χ0n) is 12.9. The summed E-state index contributed by atoms with van der Waals surface area (Å²) in [5.41, 5.74) is 0.0272. The van der Waals surface area contributed by atoms with Crippen LogP contribution in [0.25, 0.3) is 0 Å². The van der Waals surface area contributed by atoms with E-state index in [2.05, 4.69) is 15.6 Å². The summed E-state index contributed by atoms with van der Waals surface area (Å²) in [5.74, 6) is -0.504. The van der Waals surface area contributed by atoms with Gasteiger partial charge in [-0.1, -0.05) is 0 Å². The van der Waals surface area contributed by atoms with Gasteiger partial charge in [0.1, 0.15) is 5.69 Å². The molecule has 0 bridgehead atoms. The van der Waals surface area contributed by atoms with E-state index in [1.807, 2.05) is 0 Å². The van der Waals surface area contributed by atoms with E-state index in [0.717, 1.165) is 31.2 Å². The molecule has 1 heterocycles. The maximum atomic E-state index is 12.5. The number of pyridine rings is 1. The van der Waals surface area contributed by atoms with Gasteiger partial charge in [0.2, 0.25) is 5.91 Å². The molecule has 1 saturated carbocycles. The molecule has 2 N–H and O–H groups in total. The monoisotopic (exact) mass is 349 g/mol. The van der Waals surface area contributed by atoms with Gasteiger partial charge in [0.05, 0.1) is 5.56 Å². The normalized spacial score (nSPS) is 14.0. The van der Waals surface area contributed by atoms with Gasteiger partial charge >= 0.3 is 6.18 Å². The molecule has 2 aromatic rings. The average molecular weight is 349 g/mol. The number of nitrogens with zero attached hydrogens (tertiary/aromatic N) is 1. The van der Waals surface area contributed by atoms with Crippen molar-refractivity contribution in [1.29, 1.82) is 0 Å². The number of halogens is 3. The Balaban J connectivity index is 1.61. The fraction of sp³-hybridized carbons (Fsp3) is 0.235. The molecule has 1 aromatic carbocycles. The lowest BCUT2D eigenvalue weighted by molar-refractivity contribution is -0.141. The van der Waals surface area contributed by atoms with E-state index in [4.69, 9.17) is 0 Å². The summed E-state index contributed by atoms with van der Waals surface area (Å²) in [4.78, 5) is 26.9. The second-order valence-corrected chi connectivity index (χ2v) is 5.72. The van der Waals surface area contributed by atoms with E-state index in [1.54, 1.807) is 24.3 Å². The minimum absolute atomic E-state index is 0.0131. The first kappa shape index (κ1) is 16.9. The van der Waals surface area contributed by atoms with Crippen molar-refractivity contribution in [3.8, 4) is 0 Å². The fourth-order valence-electron chi connectivity index (χ4n) is 2.13. The molecule has 5 nitrogen and oxygen atoms in total. The quantitative estimate of drug-likeness (QED) is 0.884. The Morgan fingerprint density at radius 1 is 0.960 bits per heavy atom. The maximum absolute atomic E-state index is 12.5. The molecule has 0 radical (unpaired) electrons. The maximum Gasteiger partial charge on any atom is 0.433 e. The topological polar surface area (TPSA) is 71.1 Å². The first-order valence-corrected chi connectivity index (χ1v) is 7.58. The van der Waals surface area contributed by atoms with Crippen LogP contribution in [0.5, 0.6) is 0 Å². The van der Waals surface area contributed by atoms with Gasteiger partial charge in [0.25, 0.3) is 5.91 Å². The highest BCUT2D eigenvalue weighted by Gasteiger charge is 2.32. The van der Waals surface area contributed by atoms with Crippen molar-refractivity contribution in [3.05, 3.63) is 53.9 Å². The molecular formula is C17H14F3N3O2. The predicted octanol–water partition coefficient (Wildman–Crippen LogP) is 3.70. The number of alkyl halides is 3. The molecule has 1 aliphatic rings. The second kappa shape index (κ2) is 6.54. The first-order chi connectivity index (χ1) is 11.8. The van der Waals surface area contributed by atoms with Crippen LogP contribution < -0.4 is 10.6 Å². The predicted molar refractivity (Wildman–Crippen MR) is 85.0 cm³/mol. The lowest BCUT2D eigenvalue weighted by Crippen LogP contribution is -2.15. The Labute approximate surface area is 141 Å². The Kier molecular flexibility index (Phi) is 4.43. The third kappa shape index (κ3) is 4.34. The highest BCUT2D eigenvalue weighted by atomic mass is 19.4. The van der Waals surface area contributed by atoms with Crippen molar-refractivity contribution in [2.24, 2.45) is 5.92 Å². The van der Waals surface area contributed by atoms with Crippen LogP contribution in [0.1, 0.15) is 28.9 Å². The lowest BCUT2D eigenvalue weighted by atomic mass is 10.2. The number of carbonyl (C=O) groups is 2. The average Bonchev–Trinajstić information content (AvgIpc) is 3.41. The molecule has 1 fully saturated rings. The molecule has 25 heavy (non-hydrogen) atoms. The number of nitrogens with one attached hydrogen (secondary N) is 2. The molecule has 2 amide bonds. The number of amides is 2. The number of rotatable bonds is 4. The standard InChI is InChI=1S/C17H14F3N3O2/c18-17(19,20)14-8-3-11(9-21-14)16(25)23-13-6-4-12(5-7-13)22-15(24)10-1-2-10/h3-10H,1-2H2,(H,22,24)(H,23,25). The van der Waals surface area contributed by atoms with Crippen LogP contribution >= 0.6 is 0 Å². The van der Waals surface area contributed by atoms with Gasteiger partial charge in [-0.25, -0.2) is 0 Å². The van der Waals surface area contributed by atoms with Crippen LogP contribution in [0.4, 0.5) is 24.5 Å². The Morgan fingerprint density at radius 2 is 1.56 bits per heavy atom. The van der Waals surface area contributed by atoms with Crippen molar-refractivity contribution in [1.82, 2.24) is 4.98 Å². The van der Waals surface area contributed by atoms with Crippen LogP contribution in [0.15, 0.2) is 42.6 Å². The van der Waals surface area contributed by atoms with Crippen LogP contribution in [0.2, 0.25) is 0 Å². The Morgan fingerprint density at radius 3 is 2.04 bits per heavy atom. The SMILES string of the molecule is O=C(Nc1ccc(NC(=O)C2CC2)cc1)c1ccc(C(F)(F)F)nc1. The van der Waals surface area contributed by atoms with Crippen molar-refractivity contribution in [2.75, 3.05) is 10.6 Å². The molecule has 8 heteroatoms. The molecule has 0 atom stereocenters. The van der Waals surface area contributed by atoms with Gasteiger partial charge in [-0.3, -0.25) is 14.6 Å². The second-order valence-electron chi connectivity index (χ2n) is 5.72. The largest absolute Gasteiger partial charge is 0.433 e. The number of anilines is 2. The first-order valence-electron chi connectivity index (χ1n) is 7.58. The van der Waals surface area contributed by atoms with Crippen molar-refractivity contribution < 1.29 is 22.8 Å². The molecule has 1 aliphatic carbocycles. The van der Waals surface area contributed by atoms with Gasteiger partial charge in [-0.2, -0.15) is 13.2 Å².